The average Bonchev–Trinajstić information content (AvgIpc) is 2.79. The summed E-state index contributed by atoms with van der Waals surface area (Å²) >= 11 is 0. The first-order valence-corrected chi connectivity index (χ1v) is 10.2. The first-order chi connectivity index (χ1) is 15.9. The summed E-state index contributed by atoms with van der Waals surface area (Å²) in [4.78, 5) is 0. The van der Waals surface area contributed by atoms with Crippen LogP contribution in [0.5, 0.6) is 5.75 Å². The van der Waals surface area contributed by atoms with E-state index in [9.17, 15) is 22.0 Å². The second-order valence-electron chi connectivity index (χ2n) is 7.35. The fourth-order valence-electron chi connectivity index (χ4n) is 3.37. The highest BCUT2D eigenvalue weighted by molar-refractivity contribution is 5.84. The number of ether oxygens (including phenoxy) is 1. The summed E-state index contributed by atoms with van der Waals surface area (Å²) in [7, 11) is 0. The van der Waals surface area contributed by atoms with Gasteiger partial charge in [-0.05, 0) is 59.8 Å². The number of rotatable bonds is 4. The lowest BCUT2D eigenvalue weighted by Crippen LogP contribution is -1.97. The van der Waals surface area contributed by atoms with Crippen molar-refractivity contribution in [1.82, 2.24) is 0 Å². The Morgan fingerprint density at radius 2 is 1.48 bits per heavy atom. The van der Waals surface area contributed by atoms with Crippen LogP contribution in [0, 0.1) is 40.9 Å². The van der Waals surface area contributed by atoms with E-state index in [0.29, 0.717) is 23.3 Å². The first kappa shape index (κ1) is 22.3. The molecular weight excluding hydrogens is 435 g/mol. The van der Waals surface area contributed by atoms with Crippen molar-refractivity contribution in [3.05, 3.63) is 101 Å². The zero-order valence-corrected chi connectivity index (χ0v) is 17.5. The highest BCUT2D eigenvalue weighted by Crippen LogP contribution is 2.29. The van der Waals surface area contributed by atoms with Crippen LogP contribution >= 0.6 is 0 Å². The van der Waals surface area contributed by atoms with Crippen LogP contribution in [0.1, 0.15) is 24.5 Å². The fraction of sp³-hybridized carbons (Fsp3) is 0.111. The Kier molecular flexibility index (Phi) is 6.32. The molecule has 33 heavy (non-hydrogen) atoms. The average molecular weight is 452 g/mol. The summed E-state index contributed by atoms with van der Waals surface area (Å²) in [6.45, 7) is 2.35. The highest BCUT2D eigenvalue weighted by atomic mass is 19.2. The van der Waals surface area contributed by atoms with Crippen LogP contribution in [0.15, 0.2) is 60.7 Å². The molecule has 0 atom stereocenters. The van der Waals surface area contributed by atoms with E-state index in [0.717, 1.165) is 24.6 Å². The van der Waals surface area contributed by atoms with Crippen molar-refractivity contribution in [1.29, 1.82) is 0 Å². The van der Waals surface area contributed by atoms with Crippen LogP contribution in [-0.4, -0.2) is 6.61 Å². The molecule has 0 aliphatic rings. The van der Waals surface area contributed by atoms with Crippen molar-refractivity contribution in [3.8, 4) is 28.7 Å². The van der Waals surface area contributed by atoms with Crippen molar-refractivity contribution in [2.24, 2.45) is 0 Å². The summed E-state index contributed by atoms with van der Waals surface area (Å²) in [5.74, 6) is 0.892. The Hall–Kier alpha value is -3.85. The molecule has 0 radical (unpaired) electrons. The number of hydrogen-bond acceptors (Lipinski definition) is 1. The van der Waals surface area contributed by atoms with Gasteiger partial charge in [-0.1, -0.05) is 30.9 Å². The van der Waals surface area contributed by atoms with Gasteiger partial charge in [-0.2, -0.15) is 0 Å². The van der Waals surface area contributed by atoms with Crippen LogP contribution in [0.25, 0.3) is 21.9 Å². The number of benzene rings is 4. The molecule has 0 amide bonds. The van der Waals surface area contributed by atoms with E-state index >= 15 is 0 Å². The molecule has 0 spiro atoms. The third kappa shape index (κ3) is 4.68. The van der Waals surface area contributed by atoms with E-state index < -0.39 is 34.6 Å². The molecule has 4 aromatic carbocycles. The molecule has 0 aliphatic heterocycles. The number of fused-ring (bicyclic) bond motifs is 1. The molecule has 166 valence electrons. The monoisotopic (exact) mass is 452 g/mol. The Labute approximate surface area is 187 Å². The van der Waals surface area contributed by atoms with Crippen LogP contribution in [0.2, 0.25) is 0 Å². The summed E-state index contributed by atoms with van der Waals surface area (Å²) in [6.07, 6.45) is 0.761. The maximum atomic E-state index is 14.6. The van der Waals surface area contributed by atoms with Gasteiger partial charge in [-0.15, -0.1) is 0 Å². The molecule has 0 bridgehead atoms. The molecule has 0 aromatic heterocycles. The normalized spacial score (nSPS) is 10.7. The van der Waals surface area contributed by atoms with Crippen molar-refractivity contribution >= 4 is 10.8 Å². The van der Waals surface area contributed by atoms with Gasteiger partial charge >= 0.3 is 0 Å². The predicted octanol–water partition coefficient (Wildman–Crippen LogP) is 7.39. The SMILES string of the molecule is CCCOc1ccc(-c2cc(F)c(C#Cc3ccc4c(F)c(F)ccc4c3)c(F)c2)c(F)c1. The fourth-order valence-corrected chi connectivity index (χ4v) is 3.37. The third-order valence-corrected chi connectivity index (χ3v) is 5.01. The summed E-state index contributed by atoms with van der Waals surface area (Å²) in [6, 6.07) is 12.8. The second kappa shape index (κ2) is 9.33. The van der Waals surface area contributed by atoms with E-state index in [1.807, 2.05) is 6.92 Å². The number of hydrogen-bond donors (Lipinski definition) is 0. The van der Waals surface area contributed by atoms with Gasteiger partial charge in [0.15, 0.2) is 11.6 Å². The first-order valence-electron chi connectivity index (χ1n) is 10.2. The van der Waals surface area contributed by atoms with Gasteiger partial charge in [0.05, 0.1) is 12.2 Å². The minimum atomic E-state index is -0.975. The Bertz CT molecular complexity index is 1390. The topological polar surface area (TPSA) is 9.23 Å². The van der Waals surface area contributed by atoms with E-state index in [1.165, 1.54) is 42.5 Å². The Balaban J connectivity index is 1.65. The molecule has 0 heterocycles. The maximum absolute atomic E-state index is 14.6. The quantitative estimate of drug-likeness (QED) is 0.232. The van der Waals surface area contributed by atoms with Gasteiger partial charge < -0.3 is 4.74 Å². The van der Waals surface area contributed by atoms with Gasteiger partial charge in [-0.25, -0.2) is 22.0 Å². The molecule has 1 nitrogen and oxygen atoms in total. The summed E-state index contributed by atoms with van der Waals surface area (Å²) < 4.78 is 76.3. The molecule has 0 unspecified atom stereocenters. The molecule has 4 rings (SSSR count). The molecular formula is C27H17F5O. The minimum absolute atomic E-state index is 0.0262. The molecule has 0 saturated heterocycles. The summed E-state index contributed by atoms with van der Waals surface area (Å²) in [5.41, 5.74) is -0.0595. The largest absolute Gasteiger partial charge is 0.494 e. The standard InChI is InChI=1S/C27H17F5O/c1-2-11-33-19-6-9-20(26(31)15-19)18-13-24(29)22(25(30)14-18)8-4-16-3-7-21-17(12-16)5-10-23(28)27(21)32/h3,5-7,9-10,12-15H,2,11H2,1H3. The minimum Gasteiger partial charge on any atom is -0.494 e. The van der Waals surface area contributed by atoms with Crippen LogP contribution in [0.3, 0.4) is 0 Å². The van der Waals surface area contributed by atoms with Crippen molar-refractivity contribution in [2.75, 3.05) is 6.61 Å². The van der Waals surface area contributed by atoms with E-state index in [1.54, 1.807) is 0 Å². The van der Waals surface area contributed by atoms with E-state index in [2.05, 4.69) is 11.8 Å². The van der Waals surface area contributed by atoms with Crippen molar-refractivity contribution in [2.45, 2.75) is 13.3 Å². The molecule has 0 saturated carbocycles. The summed E-state index contributed by atoms with van der Waals surface area (Å²) in [5, 5.41) is 0.481. The van der Waals surface area contributed by atoms with Gasteiger partial charge in [0, 0.05) is 22.6 Å². The molecule has 0 aliphatic carbocycles. The van der Waals surface area contributed by atoms with Gasteiger partial charge in [0.2, 0.25) is 0 Å². The van der Waals surface area contributed by atoms with Gasteiger partial charge in [-0.3, -0.25) is 0 Å². The highest BCUT2D eigenvalue weighted by Gasteiger charge is 2.14. The molecule has 0 fully saturated rings. The van der Waals surface area contributed by atoms with Gasteiger partial charge in [0.25, 0.3) is 0 Å². The van der Waals surface area contributed by atoms with E-state index in [4.69, 9.17) is 4.74 Å². The van der Waals surface area contributed by atoms with Gasteiger partial charge in [0.1, 0.15) is 23.2 Å². The van der Waals surface area contributed by atoms with E-state index in [-0.39, 0.29) is 16.5 Å². The lowest BCUT2D eigenvalue weighted by atomic mass is 10.0. The van der Waals surface area contributed by atoms with Crippen LogP contribution < -0.4 is 4.74 Å². The Morgan fingerprint density at radius 1 is 0.727 bits per heavy atom. The molecule has 0 N–H and O–H groups in total. The predicted molar refractivity (Wildman–Crippen MR) is 117 cm³/mol. The van der Waals surface area contributed by atoms with Crippen molar-refractivity contribution in [3.63, 3.8) is 0 Å². The zero-order chi connectivity index (χ0) is 23.5. The number of halogens is 5. The van der Waals surface area contributed by atoms with Crippen LogP contribution in [0.4, 0.5) is 22.0 Å². The molecule has 6 heteroatoms. The second-order valence-corrected chi connectivity index (χ2v) is 7.35. The molecule has 4 aromatic rings. The lowest BCUT2D eigenvalue weighted by molar-refractivity contribution is 0.316. The third-order valence-electron chi connectivity index (χ3n) is 5.01. The zero-order valence-electron chi connectivity index (χ0n) is 17.5. The lowest BCUT2D eigenvalue weighted by Gasteiger charge is -2.09. The maximum Gasteiger partial charge on any atom is 0.166 e. The smallest absolute Gasteiger partial charge is 0.166 e. The van der Waals surface area contributed by atoms with Crippen molar-refractivity contribution < 1.29 is 26.7 Å². The van der Waals surface area contributed by atoms with Crippen LogP contribution in [-0.2, 0) is 0 Å². The Morgan fingerprint density at radius 3 is 2.18 bits per heavy atom.